The summed E-state index contributed by atoms with van der Waals surface area (Å²) in [5.74, 6) is 0.512. The van der Waals surface area contributed by atoms with Crippen LogP contribution in [0, 0.1) is 20.8 Å². The molecule has 1 fully saturated rings. The summed E-state index contributed by atoms with van der Waals surface area (Å²) in [7, 11) is 2.18. The average Bonchev–Trinajstić information content (AvgIpc) is 3.27. The zero-order chi connectivity index (χ0) is 20.4. The van der Waals surface area contributed by atoms with E-state index in [4.69, 9.17) is 4.52 Å². The van der Waals surface area contributed by atoms with Crippen molar-refractivity contribution >= 4 is 17.2 Å². The van der Waals surface area contributed by atoms with Crippen LogP contribution in [0.4, 0.5) is 0 Å². The third-order valence-corrected chi connectivity index (χ3v) is 5.68. The minimum Gasteiger partial charge on any atom is -0.361 e. The zero-order valence-corrected chi connectivity index (χ0v) is 18.5. The van der Waals surface area contributed by atoms with E-state index in [0.29, 0.717) is 18.0 Å². The number of aryl methyl sites for hydroxylation is 3. The van der Waals surface area contributed by atoms with Crippen LogP contribution in [0.1, 0.15) is 45.3 Å². The summed E-state index contributed by atoms with van der Waals surface area (Å²) >= 11 is 1.84. The number of piperazine rings is 1. The Morgan fingerprint density at radius 3 is 2.32 bits per heavy atom. The van der Waals surface area contributed by atoms with Crippen LogP contribution in [0.5, 0.6) is 0 Å². The van der Waals surface area contributed by atoms with E-state index in [1.807, 2.05) is 11.3 Å². The van der Waals surface area contributed by atoms with Crippen molar-refractivity contribution in [2.24, 2.45) is 0 Å². The Morgan fingerprint density at radius 2 is 1.79 bits per heavy atom. The molecule has 0 radical (unpaired) electrons. The van der Waals surface area contributed by atoms with E-state index < -0.39 is 0 Å². The second-order valence-corrected chi connectivity index (χ2v) is 8.93. The van der Waals surface area contributed by atoms with Crippen LogP contribution in [0.15, 0.2) is 22.7 Å². The van der Waals surface area contributed by atoms with Gasteiger partial charge in [-0.15, -0.1) is 11.3 Å². The third kappa shape index (κ3) is 8.54. The minimum atomic E-state index is -0.147. The molecule has 28 heavy (non-hydrogen) atoms. The van der Waals surface area contributed by atoms with Crippen LogP contribution in [0.3, 0.4) is 0 Å². The molecule has 3 heterocycles. The Bertz CT molecular complexity index is 688. The Kier molecular flexibility index (Phi) is 9.67. The van der Waals surface area contributed by atoms with E-state index in [0.717, 1.165) is 12.8 Å². The number of likely N-dealkylation sites (N-methyl/N-ethyl adjacent to an activating group) is 1. The van der Waals surface area contributed by atoms with E-state index in [-0.39, 0.29) is 5.91 Å². The Hall–Kier alpha value is -1.70. The van der Waals surface area contributed by atoms with Gasteiger partial charge >= 0.3 is 0 Å². The number of thiophene rings is 1. The molecule has 1 amide bonds. The van der Waals surface area contributed by atoms with Crippen molar-refractivity contribution in [2.45, 2.75) is 40.0 Å². The Morgan fingerprint density at radius 1 is 1.11 bits per heavy atom. The molecule has 2 aromatic heterocycles. The molecule has 1 saturated heterocycles. The molecular formula is C21H34N4O2S. The number of carbonyl (C=O) groups excluding carboxylic acids is 1. The predicted octanol–water partition coefficient (Wildman–Crippen LogP) is 3.50. The highest BCUT2D eigenvalue weighted by Gasteiger charge is 2.13. The molecule has 0 aliphatic carbocycles. The first-order valence-corrected chi connectivity index (χ1v) is 10.9. The van der Waals surface area contributed by atoms with Crippen molar-refractivity contribution < 1.29 is 9.32 Å². The summed E-state index contributed by atoms with van der Waals surface area (Å²) in [6.07, 6.45) is 3.35. The molecule has 0 aromatic carbocycles. The lowest BCUT2D eigenvalue weighted by Crippen LogP contribution is -2.44. The molecule has 0 unspecified atom stereocenters. The van der Waals surface area contributed by atoms with Gasteiger partial charge in [-0.25, -0.2) is 0 Å². The fourth-order valence-electron chi connectivity index (χ4n) is 3.03. The Balaban J connectivity index is 0.000000336. The maximum Gasteiger partial charge on any atom is 0.273 e. The van der Waals surface area contributed by atoms with Crippen molar-refractivity contribution in [3.63, 3.8) is 0 Å². The average molecular weight is 407 g/mol. The molecule has 156 valence electrons. The highest BCUT2D eigenvalue weighted by atomic mass is 32.1. The van der Waals surface area contributed by atoms with Crippen LogP contribution in [0.2, 0.25) is 0 Å². The quantitative estimate of drug-likeness (QED) is 0.713. The van der Waals surface area contributed by atoms with E-state index in [9.17, 15) is 4.79 Å². The van der Waals surface area contributed by atoms with Gasteiger partial charge in [-0.1, -0.05) is 11.6 Å². The van der Waals surface area contributed by atoms with Crippen LogP contribution < -0.4 is 5.32 Å². The molecule has 0 atom stereocenters. The van der Waals surface area contributed by atoms with Gasteiger partial charge in [0.05, 0.1) is 0 Å². The molecular weight excluding hydrogens is 372 g/mol. The number of nitrogens with one attached hydrogen (secondary N) is 1. The summed E-state index contributed by atoms with van der Waals surface area (Å²) in [5.41, 5.74) is 0.366. The summed E-state index contributed by atoms with van der Waals surface area (Å²) in [4.78, 5) is 19.4. The predicted molar refractivity (Wildman–Crippen MR) is 115 cm³/mol. The van der Waals surface area contributed by atoms with E-state index in [1.165, 1.54) is 48.9 Å². The molecule has 7 heteroatoms. The normalized spacial score (nSPS) is 15.1. The zero-order valence-electron chi connectivity index (χ0n) is 17.7. The Labute approximate surface area is 172 Å². The molecule has 0 bridgehead atoms. The van der Waals surface area contributed by atoms with Crippen LogP contribution in [0.25, 0.3) is 0 Å². The number of rotatable bonds is 7. The summed E-state index contributed by atoms with van der Waals surface area (Å²) in [6, 6.07) is 5.93. The molecule has 0 spiro atoms. The van der Waals surface area contributed by atoms with Gasteiger partial charge in [0.15, 0.2) is 5.69 Å². The van der Waals surface area contributed by atoms with Gasteiger partial charge in [0.25, 0.3) is 5.91 Å². The first-order chi connectivity index (χ1) is 13.4. The fraction of sp³-hybridized carbons (Fsp3) is 0.619. The van der Waals surface area contributed by atoms with Crippen molar-refractivity contribution in [1.29, 1.82) is 0 Å². The largest absolute Gasteiger partial charge is 0.361 e. The lowest BCUT2D eigenvalue weighted by Gasteiger charge is -2.32. The van der Waals surface area contributed by atoms with Gasteiger partial charge in [0.2, 0.25) is 0 Å². The van der Waals surface area contributed by atoms with E-state index in [2.05, 4.69) is 53.3 Å². The highest BCUT2D eigenvalue weighted by Crippen LogP contribution is 2.12. The second kappa shape index (κ2) is 12.0. The monoisotopic (exact) mass is 406 g/mol. The van der Waals surface area contributed by atoms with Gasteiger partial charge in [-0.2, -0.15) is 0 Å². The number of nitrogens with zero attached hydrogens (tertiary/aromatic N) is 3. The van der Waals surface area contributed by atoms with Crippen molar-refractivity contribution in [2.75, 3.05) is 46.3 Å². The molecule has 1 aliphatic rings. The number of unbranched alkanes of at least 4 members (excludes halogenated alkanes) is 2. The summed E-state index contributed by atoms with van der Waals surface area (Å²) in [6.45, 7) is 12.6. The number of hydrogen-bond acceptors (Lipinski definition) is 6. The highest BCUT2D eigenvalue weighted by molar-refractivity contribution is 7.11. The number of carbonyl (C=O) groups is 1. The molecule has 3 rings (SSSR count). The molecule has 2 aromatic rings. The first-order valence-electron chi connectivity index (χ1n) is 10.1. The number of aromatic nitrogens is 1. The lowest BCUT2D eigenvalue weighted by atomic mass is 10.2. The summed E-state index contributed by atoms with van der Waals surface area (Å²) in [5, 5.41) is 6.58. The van der Waals surface area contributed by atoms with Gasteiger partial charge in [-0.05, 0) is 59.3 Å². The second-order valence-electron chi connectivity index (χ2n) is 7.44. The van der Waals surface area contributed by atoms with Crippen LogP contribution in [-0.2, 0) is 0 Å². The molecule has 0 saturated carbocycles. The van der Waals surface area contributed by atoms with Crippen molar-refractivity contribution in [3.05, 3.63) is 39.4 Å². The molecule has 6 nitrogen and oxygen atoms in total. The van der Waals surface area contributed by atoms with E-state index >= 15 is 0 Å². The third-order valence-electron chi connectivity index (χ3n) is 4.77. The molecule has 1 N–H and O–H groups in total. The van der Waals surface area contributed by atoms with Gasteiger partial charge in [0.1, 0.15) is 5.76 Å². The fourth-order valence-corrected chi connectivity index (χ4v) is 3.81. The minimum absolute atomic E-state index is 0.147. The van der Waals surface area contributed by atoms with Crippen molar-refractivity contribution in [1.82, 2.24) is 20.3 Å². The van der Waals surface area contributed by atoms with Crippen LogP contribution in [-0.4, -0.2) is 67.2 Å². The SMILES string of the molecule is Cc1cc(C(=O)NCCCCCN2CCN(C)CC2)no1.Cc1ccc(C)s1. The number of hydrogen-bond donors (Lipinski definition) is 1. The summed E-state index contributed by atoms with van der Waals surface area (Å²) < 4.78 is 4.89. The maximum absolute atomic E-state index is 11.7. The lowest BCUT2D eigenvalue weighted by molar-refractivity contribution is 0.0943. The standard InChI is InChI=1S/C15H26N4O2.C6H8S/c1-13-12-14(17-21-13)15(20)16-6-4-3-5-7-19-10-8-18(2)9-11-19;1-5-3-4-6(2)7-5/h12H,3-11H2,1-2H3,(H,16,20);3-4H,1-2H3. The van der Waals surface area contributed by atoms with Crippen LogP contribution >= 0.6 is 11.3 Å². The first kappa shape index (κ1) is 22.6. The van der Waals surface area contributed by atoms with E-state index in [1.54, 1.807) is 13.0 Å². The molecule has 1 aliphatic heterocycles. The van der Waals surface area contributed by atoms with Gasteiger partial charge < -0.3 is 19.6 Å². The number of amides is 1. The van der Waals surface area contributed by atoms with Gasteiger partial charge in [0, 0.05) is 48.5 Å². The smallest absolute Gasteiger partial charge is 0.273 e. The maximum atomic E-state index is 11.7. The van der Waals surface area contributed by atoms with Gasteiger partial charge in [-0.3, -0.25) is 4.79 Å². The van der Waals surface area contributed by atoms with Crippen molar-refractivity contribution in [3.8, 4) is 0 Å². The topological polar surface area (TPSA) is 61.6 Å².